The van der Waals surface area contributed by atoms with E-state index in [1.54, 1.807) is 0 Å². The number of nitrogens with zero attached hydrogens (tertiary/aromatic N) is 1. The van der Waals surface area contributed by atoms with E-state index in [1.807, 2.05) is 0 Å². The summed E-state index contributed by atoms with van der Waals surface area (Å²) >= 11 is 3.85. The van der Waals surface area contributed by atoms with E-state index in [4.69, 9.17) is 0 Å². The number of hydrogen-bond donors (Lipinski definition) is 0. The molecule has 0 unspecified atom stereocenters. The molecule has 45 heavy (non-hydrogen) atoms. The van der Waals surface area contributed by atoms with Crippen molar-refractivity contribution in [2.24, 2.45) is 0 Å². The first-order valence-corrected chi connectivity index (χ1v) is 16.8. The molecule has 6 aromatic rings. The average molecular weight is 647 g/mol. The predicted octanol–water partition coefficient (Wildman–Crippen LogP) is 11.8. The predicted molar refractivity (Wildman–Crippen MR) is 193 cm³/mol. The third kappa shape index (κ3) is 5.02. The zero-order valence-electron chi connectivity index (χ0n) is 25.9. The molecule has 0 radical (unpaired) electrons. The number of hydrogen-bond acceptors (Lipinski definition) is 1. The lowest BCUT2D eigenvalue weighted by atomic mass is 9.82. The summed E-state index contributed by atoms with van der Waals surface area (Å²) in [5.41, 5.74) is 17.1. The monoisotopic (exact) mass is 645 g/mol. The van der Waals surface area contributed by atoms with Crippen LogP contribution in [0.2, 0.25) is 0 Å². The molecule has 1 nitrogen and oxygen atoms in total. The molecule has 0 heterocycles. The van der Waals surface area contributed by atoms with Crippen LogP contribution in [0.1, 0.15) is 47.2 Å². The van der Waals surface area contributed by atoms with Gasteiger partial charge in [0.15, 0.2) is 0 Å². The summed E-state index contributed by atoms with van der Waals surface area (Å²) in [5, 5.41) is 0. The van der Waals surface area contributed by atoms with Crippen LogP contribution < -0.4 is 4.90 Å². The lowest BCUT2D eigenvalue weighted by Gasteiger charge is -2.30. The van der Waals surface area contributed by atoms with Crippen LogP contribution in [-0.2, 0) is 31.1 Å². The Morgan fingerprint density at radius 2 is 1.13 bits per heavy atom. The maximum Gasteiger partial charge on any atom is 0.0496 e. The van der Waals surface area contributed by atoms with Gasteiger partial charge in [-0.1, -0.05) is 127 Å². The number of fused-ring (bicyclic) bond motifs is 3. The molecule has 0 aromatic heterocycles. The van der Waals surface area contributed by atoms with Crippen molar-refractivity contribution in [3.63, 3.8) is 0 Å². The molecule has 4 bridgehead atoms. The van der Waals surface area contributed by atoms with E-state index in [0.717, 1.165) is 25.7 Å². The summed E-state index contributed by atoms with van der Waals surface area (Å²) in [6.07, 6.45) is 3.98. The molecule has 0 aliphatic heterocycles. The Kier molecular flexibility index (Phi) is 6.99. The van der Waals surface area contributed by atoms with E-state index in [-0.39, 0.29) is 5.41 Å². The maximum absolute atomic E-state index is 3.85. The van der Waals surface area contributed by atoms with Gasteiger partial charge in [-0.15, -0.1) is 0 Å². The third-order valence-corrected chi connectivity index (χ3v) is 10.7. The second-order valence-corrected chi connectivity index (χ2v) is 13.9. The number of rotatable bonds is 4. The Morgan fingerprint density at radius 1 is 0.511 bits per heavy atom. The zero-order chi connectivity index (χ0) is 30.5. The minimum absolute atomic E-state index is 0.0639. The molecule has 0 atom stereocenters. The van der Waals surface area contributed by atoms with Crippen LogP contribution in [0.25, 0.3) is 22.3 Å². The van der Waals surface area contributed by atoms with E-state index >= 15 is 0 Å². The summed E-state index contributed by atoms with van der Waals surface area (Å²) in [6.45, 7) is 4.74. The molecule has 6 aromatic carbocycles. The quantitative estimate of drug-likeness (QED) is 0.184. The number of aryl methyl sites for hydroxylation is 4. The average Bonchev–Trinajstić information content (AvgIpc) is 3.29. The van der Waals surface area contributed by atoms with Crippen LogP contribution in [0, 0.1) is 0 Å². The second-order valence-electron chi connectivity index (χ2n) is 13.0. The minimum Gasteiger partial charge on any atom is -0.310 e. The van der Waals surface area contributed by atoms with E-state index in [1.165, 1.54) is 77.2 Å². The molecule has 220 valence electrons. The molecule has 11 rings (SSSR count). The molecular formula is C43H36BrN. The summed E-state index contributed by atoms with van der Waals surface area (Å²) < 4.78 is 1.23. The van der Waals surface area contributed by atoms with Gasteiger partial charge in [-0.25, -0.2) is 0 Å². The number of benzene rings is 6. The standard InChI is InChI=1S/C43H36BrN/c1-43(2)39-11-7-6-10-37(39)38-25-24-36(28-40(38)43)45(35-22-20-32(21-23-35)31-8-4-3-5-9-31)42-27-30-13-17-33-16-12-29(26-41(33)44)14-18-34(42)19-15-30/h3-12,15-16,19-28H,13-14,17-18H2,1-2H3. The molecule has 0 spiro atoms. The summed E-state index contributed by atoms with van der Waals surface area (Å²) in [4.78, 5) is 2.51. The first-order valence-electron chi connectivity index (χ1n) is 16.0. The Bertz CT molecular complexity index is 2040. The van der Waals surface area contributed by atoms with Crippen LogP contribution in [0.3, 0.4) is 0 Å². The van der Waals surface area contributed by atoms with Crippen molar-refractivity contribution >= 4 is 33.0 Å². The largest absolute Gasteiger partial charge is 0.310 e. The fourth-order valence-corrected chi connectivity index (χ4v) is 8.01. The minimum atomic E-state index is -0.0639. The highest BCUT2D eigenvalue weighted by atomic mass is 79.9. The first-order chi connectivity index (χ1) is 22.0. The van der Waals surface area contributed by atoms with Crippen LogP contribution >= 0.6 is 15.9 Å². The third-order valence-electron chi connectivity index (χ3n) is 9.93. The van der Waals surface area contributed by atoms with Crippen molar-refractivity contribution < 1.29 is 0 Å². The molecule has 5 aliphatic rings. The van der Waals surface area contributed by atoms with Gasteiger partial charge in [-0.3, -0.25) is 0 Å². The molecule has 0 N–H and O–H groups in total. The van der Waals surface area contributed by atoms with E-state index in [0.29, 0.717) is 0 Å². The molecule has 5 aliphatic carbocycles. The highest BCUT2D eigenvalue weighted by Gasteiger charge is 2.35. The molecule has 0 saturated carbocycles. The number of anilines is 3. The van der Waals surface area contributed by atoms with Gasteiger partial charge in [0.2, 0.25) is 0 Å². The van der Waals surface area contributed by atoms with Crippen molar-refractivity contribution in [1.29, 1.82) is 0 Å². The van der Waals surface area contributed by atoms with Gasteiger partial charge < -0.3 is 4.90 Å². The van der Waals surface area contributed by atoms with E-state index in [9.17, 15) is 0 Å². The van der Waals surface area contributed by atoms with Crippen LogP contribution in [0.4, 0.5) is 17.1 Å². The SMILES string of the molecule is CC1(C)c2ccccc2-c2ccc(N(c3ccc(-c4ccccc4)cc3)c3cc4ccc3CCc3ccc(c(Br)c3)CC4)cc21. The Morgan fingerprint density at radius 3 is 1.91 bits per heavy atom. The lowest BCUT2D eigenvalue weighted by Crippen LogP contribution is -2.17. The Hall–Kier alpha value is -4.40. The van der Waals surface area contributed by atoms with Gasteiger partial charge in [0.25, 0.3) is 0 Å². The van der Waals surface area contributed by atoms with Crippen molar-refractivity contribution in [1.82, 2.24) is 0 Å². The van der Waals surface area contributed by atoms with Gasteiger partial charge >= 0.3 is 0 Å². The molecule has 0 amide bonds. The van der Waals surface area contributed by atoms with Gasteiger partial charge in [0.1, 0.15) is 0 Å². The molecule has 0 saturated heterocycles. The molecule has 2 heteroatoms. The van der Waals surface area contributed by atoms with Gasteiger partial charge in [0, 0.05) is 26.9 Å². The van der Waals surface area contributed by atoms with Gasteiger partial charge in [-0.2, -0.15) is 0 Å². The summed E-state index contributed by atoms with van der Waals surface area (Å²) in [7, 11) is 0. The van der Waals surface area contributed by atoms with Crippen LogP contribution in [-0.4, -0.2) is 0 Å². The highest BCUT2D eigenvalue weighted by Crippen LogP contribution is 2.51. The highest BCUT2D eigenvalue weighted by molar-refractivity contribution is 9.10. The number of halogens is 1. The van der Waals surface area contributed by atoms with Crippen LogP contribution in [0.5, 0.6) is 0 Å². The molecule has 0 fully saturated rings. The maximum atomic E-state index is 3.85. The second kappa shape index (κ2) is 11.2. The van der Waals surface area contributed by atoms with Crippen molar-refractivity contribution in [3.05, 3.63) is 171 Å². The molecular weight excluding hydrogens is 610 g/mol. The fourth-order valence-electron chi connectivity index (χ4n) is 7.38. The van der Waals surface area contributed by atoms with Crippen molar-refractivity contribution in [3.8, 4) is 22.3 Å². The summed E-state index contributed by atoms with van der Waals surface area (Å²) in [6, 6.07) is 50.0. The topological polar surface area (TPSA) is 3.24 Å². The summed E-state index contributed by atoms with van der Waals surface area (Å²) in [5.74, 6) is 0. The van der Waals surface area contributed by atoms with Crippen molar-refractivity contribution in [2.75, 3.05) is 4.90 Å². The van der Waals surface area contributed by atoms with Crippen molar-refractivity contribution in [2.45, 2.75) is 44.9 Å². The van der Waals surface area contributed by atoms with Gasteiger partial charge in [-0.05, 0) is 118 Å². The fraction of sp³-hybridized carbons (Fsp3) is 0.163. The Balaban J connectivity index is 1.28. The normalized spacial score (nSPS) is 14.4. The van der Waals surface area contributed by atoms with Crippen LogP contribution in [0.15, 0.2) is 138 Å². The van der Waals surface area contributed by atoms with Gasteiger partial charge in [0.05, 0.1) is 0 Å². The smallest absolute Gasteiger partial charge is 0.0496 e. The Labute approximate surface area is 275 Å². The van der Waals surface area contributed by atoms with E-state index in [2.05, 4.69) is 168 Å². The first kappa shape index (κ1) is 28.1. The zero-order valence-corrected chi connectivity index (χ0v) is 27.4. The lowest BCUT2D eigenvalue weighted by molar-refractivity contribution is 0.660. The van der Waals surface area contributed by atoms with E-state index < -0.39 is 0 Å².